The Morgan fingerprint density at radius 3 is 2.36 bits per heavy atom. The first-order valence-electron chi connectivity index (χ1n) is 13.5. The normalized spacial score (nSPS) is 19.2. The lowest BCUT2D eigenvalue weighted by molar-refractivity contribution is -0.122. The lowest BCUT2D eigenvalue weighted by atomic mass is 9.87. The number of esters is 1. The summed E-state index contributed by atoms with van der Waals surface area (Å²) in [6.07, 6.45) is 1.44. The number of furan rings is 1. The third kappa shape index (κ3) is 5.61. The summed E-state index contributed by atoms with van der Waals surface area (Å²) in [6.45, 7) is 1.48. The number of imide groups is 1. The molecule has 1 fully saturated rings. The van der Waals surface area contributed by atoms with E-state index in [1.165, 1.54) is 59.4 Å². The summed E-state index contributed by atoms with van der Waals surface area (Å²) in [7, 11) is -3.91. The second-order valence-electron chi connectivity index (χ2n) is 10.1. The number of amides is 3. The van der Waals surface area contributed by atoms with Crippen LogP contribution in [0, 0.1) is 5.92 Å². The van der Waals surface area contributed by atoms with E-state index in [0.717, 1.165) is 28.0 Å². The number of anilines is 2. The molecule has 2 aliphatic rings. The molecule has 2 aliphatic heterocycles. The first-order valence-corrected chi connectivity index (χ1v) is 16.7. The summed E-state index contributed by atoms with van der Waals surface area (Å²) in [5.41, 5.74) is 0.830. The van der Waals surface area contributed by atoms with E-state index in [-0.39, 0.29) is 28.4 Å². The van der Waals surface area contributed by atoms with Gasteiger partial charge in [-0.25, -0.2) is 23.3 Å². The van der Waals surface area contributed by atoms with Crippen LogP contribution < -0.4 is 20.2 Å². The van der Waals surface area contributed by atoms with Crippen LogP contribution in [0.4, 0.5) is 11.4 Å². The van der Waals surface area contributed by atoms with E-state index in [1.54, 1.807) is 19.1 Å². The van der Waals surface area contributed by atoms with Crippen molar-refractivity contribution in [1.82, 2.24) is 4.57 Å². The van der Waals surface area contributed by atoms with Gasteiger partial charge in [0.15, 0.2) is 0 Å². The molecule has 0 unspecified atom stereocenters. The van der Waals surface area contributed by atoms with Gasteiger partial charge in [0, 0.05) is 5.69 Å². The number of thiazole rings is 1. The van der Waals surface area contributed by atoms with Crippen molar-refractivity contribution in [2.45, 2.75) is 34.6 Å². The van der Waals surface area contributed by atoms with Gasteiger partial charge in [-0.2, -0.15) is 0 Å². The van der Waals surface area contributed by atoms with E-state index in [1.807, 2.05) is 0 Å². The predicted octanol–water partition coefficient (Wildman–Crippen LogP) is 2.76. The molecular formula is C29H24N4O9S3. The van der Waals surface area contributed by atoms with E-state index < -0.39 is 62.2 Å². The number of hydrogen-bond acceptors (Lipinski definition) is 11. The Morgan fingerprint density at radius 1 is 1.02 bits per heavy atom. The van der Waals surface area contributed by atoms with Gasteiger partial charge < -0.3 is 14.5 Å². The highest BCUT2D eigenvalue weighted by molar-refractivity contribution is 8.00. The van der Waals surface area contributed by atoms with Crippen LogP contribution in [0.5, 0.6) is 0 Å². The first kappa shape index (κ1) is 30.5. The van der Waals surface area contributed by atoms with Gasteiger partial charge in [0.2, 0.25) is 27.7 Å². The molecule has 0 saturated carbocycles. The molecule has 6 rings (SSSR count). The topological polar surface area (TPSA) is 188 Å². The Balaban J connectivity index is 1.31. The molecule has 0 bridgehead atoms. The maximum atomic E-state index is 13.9. The van der Waals surface area contributed by atoms with Crippen LogP contribution in [0.15, 0.2) is 86.1 Å². The molecule has 232 valence electrons. The van der Waals surface area contributed by atoms with Crippen LogP contribution in [0.2, 0.25) is 0 Å². The van der Waals surface area contributed by atoms with Gasteiger partial charge >= 0.3 is 10.8 Å². The second kappa shape index (κ2) is 11.8. The second-order valence-corrected chi connectivity index (χ2v) is 13.8. The zero-order valence-corrected chi connectivity index (χ0v) is 25.8. The number of benzene rings is 2. The number of sulfonamides is 1. The molecular weight excluding hydrogens is 645 g/mol. The minimum absolute atomic E-state index is 0.127. The number of nitrogens with zero attached hydrogens (tertiary/aromatic N) is 2. The number of rotatable bonds is 8. The fraction of sp³-hybridized carbons (Fsp3) is 0.207. The highest BCUT2D eigenvalue weighted by Crippen LogP contribution is 2.53. The maximum absolute atomic E-state index is 13.9. The number of primary sulfonamides is 1. The predicted molar refractivity (Wildman–Crippen MR) is 164 cm³/mol. The Labute approximate surface area is 264 Å². The third-order valence-electron chi connectivity index (χ3n) is 7.30. The monoisotopic (exact) mass is 668 g/mol. The molecule has 3 N–H and O–H groups in total. The Bertz CT molecular complexity index is 1980. The van der Waals surface area contributed by atoms with Crippen molar-refractivity contribution in [2.75, 3.05) is 16.8 Å². The minimum Gasteiger partial charge on any atom is -0.469 e. The molecule has 4 heterocycles. The number of carbonyl (C=O) groups excluding carboxylic acids is 4. The van der Waals surface area contributed by atoms with Crippen molar-refractivity contribution in [2.24, 2.45) is 11.1 Å². The molecule has 2 aromatic heterocycles. The highest BCUT2D eigenvalue weighted by atomic mass is 32.2. The van der Waals surface area contributed by atoms with Gasteiger partial charge in [-0.05, 0) is 67.6 Å². The standard InChI is InChI=1S/C29H24N4O9S3/c1-2-41-28(37)15-5-9-17(10-6-15)33-25(35)22-21(19-4-3-13-42-19)24-27(43-23(22)26(33)36)32(29(38)44-24)14-20(34)31-16-7-11-18(12-8-16)45(30,39)40/h3-13,21-23H,2,14H2,1H3,(H,31,34)(H2,30,39,40)/t21-,22-,23+/m0/s1. The summed E-state index contributed by atoms with van der Waals surface area (Å²) < 4.78 is 35.0. The number of thioether (sulfide) groups is 1. The zero-order valence-electron chi connectivity index (χ0n) is 23.4. The SMILES string of the molecule is CCOC(=O)c1ccc(N2C(=O)[C@H]3[C@H](c4ccco4)c4sc(=O)n(CC(=O)Nc5ccc(S(N)(=O)=O)cc5)c4S[C@H]3C2=O)cc1. The molecule has 2 aromatic carbocycles. The molecule has 3 amide bonds. The molecule has 0 aliphatic carbocycles. The Morgan fingerprint density at radius 2 is 1.73 bits per heavy atom. The van der Waals surface area contributed by atoms with Gasteiger partial charge in [-0.3, -0.25) is 23.7 Å². The van der Waals surface area contributed by atoms with Crippen LogP contribution in [0.1, 0.15) is 33.8 Å². The zero-order chi connectivity index (χ0) is 32.0. The van der Waals surface area contributed by atoms with E-state index in [2.05, 4.69) is 5.32 Å². The van der Waals surface area contributed by atoms with Crippen molar-refractivity contribution in [3.05, 3.63) is 92.8 Å². The van der Waals surface area contributed by atoms with Gasteiger partial charge in [0.25, 0.3) is 0 Å². The summed E-state index contributed by atoms with van der Waals surface area (Å²) in [5, 5.41) is 7.18. The fourth-order valence-corrected chi connectivity index (χ4v) is 8.59. The average molecular weight is 669 g/mol. The molecule has 0 radical (unpaired) electrons. The summed E-state index contributed by atoms with van der Waals surface area (Å²) in [5.74, 6) is -3.38. The number of nitrogens with one attached hydrogen (secondary N) is 1. The van der Waals surface area contributed by atoms with E-state index in [9.17, 15) is 32.4 Å². The molecule has 1 saturated heterocycles. The molecule has 45 heavy (non-hydrogen) atoms. The Hall–Kier alpha value is -4.51. The van der Waals surface area contributed by atoms with Crippen LogP contribution in [-0.4, -0.2) is 48.5 Å². The number of carbonyl (C=O) groups is 4. The van der Waals surface area contributed by atoms with Crippen molar-refractivity contribution < 1.29 is 36.7 Å². The molecule has 16 heteroatoms. The molecule has 3 atom stereocenters. The van der Waals surface area contributed by atoms with Gasteiger partial charge in [-0.1, -0.05) is 23.1 Å². The van der Waals surface area contributed by atoms with E-state index >= 15 is 0 Å². The lowest BCUT2D eigenvalue weighted by Gasteiger charge is -2.29. The van der Waals surface area contributed by atoms with Gasteiger partial charge in [-0.15, -0.1) is 0 Å². The smallest absolute Gasteiger partial charge is 0.338 e. The van der Waals surface area contributed by atoms with E-state index in [0.29, 0.717) is 15.7 Å². The summed E-state index contributed by atoms with van der Waals surface area (Å²) in [6, 6.07) is 14.5. The quantitative estimate of drug-likeness (QED) is 0.209. The molecule has 13 nitrogen and oxygen atoms in total. The minimum atomic E-state index is -3.91. The maximum Gasteiger partial charge on any atom is 0.338 e. The van der Waals surface area contributed by atoms with Crippen LogP contribution in [-0.2, 0) is 35.7 Å². The Kier molecular flexibility index (Phi) is 7.98. The largest absolute Gasteiger partial charge is 0.469 e. The van der Waals surface area contributed by atoms with Crippen LogP contribution >= 0.6 is 23.1 Å². The average Bonchev–Trinajstić information content (AvgIpc) is 3.70. The summed E-state index contributed by atoms with van der Waals surface area (Å²) >= 11 is 1.91. The number of ether oxygens (including phenoxy) is 1. The molecule has 0 spiro atoms. The van der Waals surface area contributed by atoms with Crippen molar-refractivity contribution in [1.29, 1.82) is 0 Å². The third-order valence-corrected chi connectivity index (χ3v) is 10.8. The van der Waals surface area contributed by atoms with Crippen LogP contribution in [0.3, 0.4) is 0 Å². The number of hydrogen-bond donors (Lipinski definition) is 2. The van der Waals surface area contributed by atoms with Crippen molar-refractivity contribution >= 4 is 68.2 Å². The number of fused-ring (bicyclic) bond motifs is 2. The van der Waals surface area contributed by atoms with Crippen molar-refractivity contribution in [3.8, 4) is 0 Å². The highest BCUT2D eigenvalue weighted by Gasteiger charge is 2.57. The van der Waals surface area contributed by atoms with E-state index in [4.69, 9.17) is 14.3 Å². The molecule has 4 aromatic rings. The van der Waals surface area contributed by atoms with Gasteiger partial charge in [0.1, 0.15) is 17.6 Å². The van der Waals surface area contributed by atoms with Gasteiger partial charge in [0.05, 0.1) is 50.8 Å². The number of nitrogens with two attached hydrogens (primary N) is 1. The van der Waals surface area contributed by atoms with Crippen LogP contribution in [0.25, 0.3) is 0 Å². The number of aromatic nitrogens is 1. The summed E-state index contributed by atoms with van der Waals surface area (Å²) in [4.78, 5) is 67.1. The lowest BCUT2D eigenvalue weighted by Crippen LogP contribution is -2.32. The van der Waals surface area contributed by atoms with Crippen molar-refractivity contribution in [3.63, 3.8) is 0 Å². The first-order chi connectivity index (χ1) is 21.5. The fourth-order valence-electron chi connectivity index (χ4n) is 5.32.